The van der Waals surface area contributed by atoms with Crippen LogP contribution in [-0.4, -0.2) is 21.6 Å². The van der Waals surface area contributed by atoms with Crippen LogP contribution in [0.15, 0.2) is 42.5 Å². The van der Waals surface area contributed by atoms with Crippen LogP contribution < -0.4 is 10.6 Å². The van der Waals surface area contributed by atoms with E-state index in [-0.39, 0.29) is 18.2 Å². The molecular weight excluding hydrogens is 388 g/mol. The van der Waals surface area contributed by atoms with E-state index in [4.69, 9.17) is 11.6 Å². The van der Waals surface area contributed by atoms with Gasteiger partial charge in [0.2, 0.25) is 11.8 Å². The van der Waals surface area contributed by atoms with Crippen molar-refractivity contribution in [1.29, 1.82) is 0 Å². The lowest BCUT2D eigenvalue weighted by atomic mass is 10.1. The highest BCUT2D eigenvalue weighted by atomic mass is 35.5. The minimum atomic E-state index is -0.730. The molecule has 0 unspecified atom stereocenters. The zero-order valence-electron chi connectivity index (χ0n) is 16.4. The number of nitrogens with one attached hydrogen (secondary N) is 2. The standard InChI is InChI=1S/C22H21ClN4O2/c1-12-7-8-17(13(2)9-12)24-22(29)18-11-19(28)25-21-14(3)20(26-27(18)21)15-5-4-6-16(23)10-15/h4-10,18H,11H2,1-3H3,(H,24,29)(H,25,28)/t18-/m1/s1. The Morgan fingerprint density at radius 1 is 1.21 bits per heavy atom. The number of fused-ring (bicyclic) bond motifs is 1. The van der Waals surface area contributed by atoms with Gasteiger partial charge >= 0.3 is 0 Å². The van der Waals surface area contributed by atoms with Crippen molar-refractivity contribution in [3.8, 4) is 11.3 Å². The number of carbonyl (C=O) groups is 2. The highest BCUT2D eigenvalue weighted by Gasteiger charge is 2.34. The number of hydrogen-bond acceptors (Lipinski definition) is 3. The van der Waals surface area contributed by atoms with Crippen molar-refractivity contribution in [3.05, 3.63) is 64.2 Å². The van der Waals surface area contributed by atoms with Crippen molar-refractivity contribution in [2.24, 2.45) is 0 Å². The van der Waals surface area contributed by atoms with Gasteiger partial charge in [-0.1, -0.05) is 41.4 Å². The van der Waals surface area contributed by atoms with Gasteiger partial charge in [0.05, 0.1) is 12.1 Å². The van der Waals surface area contributed by atoms with E-state index in [1.807, 2.05) is 57.2 Å². The number of amides is 2. The Labute approximate surface area is 173 Å². The predicted octanol–water partition coefficient (Wildman–Crippen LogP) is 4.65. The van der Waals surface area contributed by atoms with Crippen LogP contribution in [0, 0.1) is 20.8 Å². The van der Waals surface area contributed by atoms with E-state index in [1.54, 1.807) is 10.7 Å². The number of nitrogens with zero attached hydrogens (tertiary/aromatic N) is 2. The first-order valence-corrected chi connectivity index (χ1v) is 9.74. The Morgan fingerprint density at radius 2 is 2.00 bits per heavy atom. The first-order valence-electron chi connectivity index (χ1n) is 9.36. The summed E-state index contributed by atoms with van der Waals surface area (Å²) in [6, 6.07) is 12.4. The van der Waals surface area contributed by atoms with Gasteiger partial charge < -0.3 is 10.6 Å². The molecule has 2 N–H and O–H groups in total. The van der Waals surface area contributed by atoms with Crippen molar-refractivity contribution >= 4 is 34.9 Å². The molecule has 148 valence electrons. The predicted molar refractivity (Wildman–Crippen MR) is 114 cm³/mol. The summed E-state index contributed by atoms with van der Waals surface area (Å²) in [6.45, 7) is 5.82. The topological polar surface area (TPSA) is 76.0 Å². The monoisotopic (exact) mass is 408 g/mol. The third-order valence-corrected chi connectivity index (χ3v) is 5.35. The Hall–Kier alpha value is -3.12. The molecule has 2 heterocycles. The van der Waals surface area contributed by atoms with E-state index in [0.717, 1.165) is 27.9 Å². The second kappa shape index (κ2) is 7.37. The number of hydrogen-bond donors (Lipinski definition) is 2. The summed E-state index contributed by atoms with van der Waals surface area (Å²) in [4.78, 5) is 25.4. The maximum atomic E-state index is 13.1. The molecule has 0 bridgehead atoms. The van der Waals surface area contributed by atoms with Crippen LogP contribution >= 0.6 is 11.6 Å². The second-order valence-corrected chi connectivity index (χ2v) is 7.79. The zero-order valence-corrected chi connectivity index (χ0v) is 17.2. The Morgan fingerprint density at radius 3 is 2.72 bits per heavy atom. The van der Waals surface area contributed by atoms with E-state index in [2.05, 4.69) is 15.7 Å². The fourth-order valence-electron chi connectivity index (χ4n) is 3.62. The molecule has 0 radical (unpaired) electrons. The number of benzene rings is 2. The minimum Gasteiger partial charge on any atom is -0.324 e. The summed E-state index contributed by atoms with van der Waals surface area (Å²) < 4.78 is 1.60. The third-order valence-electron chi connectivity index (χ3n) is 5.12. The summed E-state index contributed by atoms with van der Waals surface area (Å²) in [5.41, 5.74) is 5.13. The Kier molecular flexibility index (Phi) is 4.88. The maximum Gasteiger partial charge on any atom is 0.249 e. The molecule has 6 nitrogen and oxygen atoms in total. The fourth-order valence-corrected chi connectivity index (χ4v) is 3.81. The van der Waals surface area contributed by atoms with Crippen molar-refractivity contribution in [3.63, 3.8) is 0 Å². The largest absolute Gasteiger partial charge is 0.324 e. The molecule has 0 saturated carbocycles. The van der Waals surface area contributed by atoms with Crippen LogP contribution in [0.1, 0.15) is 29.2 Å². The molecule has 0 aliphatic carbocycles. The van der Waals surface area contributed by atoms with Crippen LogP contribution in [0.5, 0.6) is 0 Å². The maximum absolute atomic E-state index is 13.1. The number of anilines is 2. The van der Waals surface area contributed by atoms with Crippen molar-refractivity contribution in [2.45, 2.75) is 33.2 Å². The van der Waals surface area contributed by atoms with Crippen LogP contribution in [-0.2, 0) is 9.59 Å². The Bertz CT molecular complexity index is 1140. The van der Waals surface area contributed by atoms with Gasteiger partial charge in [0, 0.05) is 21.8 Å². The smallest absolute Gasteiger partial charge is 0.249 e. The lowest BCUT2D eigenvalue weighted by molar-refractivity contribution is -0.125. The highest BCUT2D eigenvalue weighted by molar-refractivity contribution is 6.30. The van der Waals surface area contributed by atoms with Crippen molar-refractivity contribution < 1.29 is 9.59 Å². The van der Waals surface area contributed by atoms with Gasteiger partial charge in [-0.2, -0.15) is 5.10 Å². The number of rotatable bonds is 3. The molecule has 29 heavy (non-hydrogen) atoms. The molecule has 7 heteroatoms. The number of halogens is 1. The average Bonchev–Trinajstić information content (AvgIpc) is 3.00. The number of carbonyl (C=O) groups excluding carboxylic acids is 2. The van der Waals surface area contributed by atoms with Crippen LogP contribution in [0.2, 0.25) is 5.02 Å². The fraction of sp³-hybridized carbons (Fsp3) is 0.227. The molecule has 0 fully saturated rings. The van der Waals surface area contributed by atoms with Gasteiger partial charge in [-0.05, 0) is 44.5 Å². The van der Waals surface area contributed by atoms with Gasteiger partial charge in [-0.3, -0.25) is 9.59 Å². The van der Waals surface area contributed by atoms with Crippen molar-refractivity contribution in [1.82, 2.24) is 9.78 Å². The van der Waals surface area contributed by atoms with Gasteiger partial charge in [-0.25, -0.2) is 4.68 Å². The molecule has 1 aliphatic rings. The highest BCUT2D eigenvalue weighted by Crippen LogP contribution is 2.35. The molecule has 3 aromatic rings. The van der Waals surface area contributed by atoms with E-state index in [1.165, 1.54) is 0 Å². The molecule has 2 aromatic carbocycles. The molecule has 2 amide bonds. The Balaban J connectivity index is 1.71. The molecule has 0 saturated heterocycles. The van der Waals surface area contributed by atoms with Gasteiger partial charge in [0.15, 0.2) is 0 Å². The summed E-state index contributed by atoms with van der Waals surface area (Å²) in [5.74, 6) is 0.0594. The van der Waals surface area contributed by atoms with E-state index in [0.29, 0.717) is 16.5 Å². The van der Waals surface area contributed by atoms with Crippen LogP contribution in [0.25, 0.3) is 11.3 Å². The molecule has 1 aromatic heterocycles. The average molecular weight is 409 g/mol. The second-order valence-electron chi connectivity index (χ2n) is 7.35. The minimum absolute atomic E-state index is 0.0276. The third kappa shape index (κ3) is 3.63. The van der Waals surface area contributed by atoms with Crippen LogP contribution in [0.4, 0.5) is 11.5 Å². The zero-order chi connectivity index (χ0) is 20.7. The van der Waals surface area contributed by atoms with E-state index < -0.39 is 6.04 Å². The van der Waals surface area contributed by atoms with Crippen molar-refractivity contribution in [2.75, 3.05) is 10.6 Å². The first kappa shape index (κ1) is 19.2. The molecule has 0 spiro atoms. The normalized spacial score (nSPS) is 15.6. The molecule has 1 aliphatic heterocycles. The van der Waals surface area contributed by atoms with Gasteiger partial charge in [0.1, 0.15) is 11.9 Å². The summed E-state index contributed by atoms with van der Waals surface area (Å²) in [7, 11) is 0. The van der Waals surface area contributed by atoms with E-state index >= 15 is 0 Å². The first-order chi connectivity index (χ1) is 13.8. The summed E-state index contributed by atoms with van der Waals surface area (Å²) in [5, 5.41) is 11.1. The number of aryl methyl sites for hydroxylation is 2. The summed E-state index contributed by atoms with van der Waals surface area (Å²) in [6.07, 6.45) is 0.0276. The number of aromatic nitrogens is 2. The lowest BCUT2D eigenvalue weighted by Gasteiger charge is -2.24. The van der Waals surface area contributed by atoms with Gasteiger partial charge in [0.25, 0.3) is 0 Å². The summed E-state index contributed by atoms with van der Waals surface area (Å²) >= 11 is 6.12. The van der Waals surface area contributed by atoms with Crippen LogP contribution in [0.3, 0.4) is 0 Å². The van der Waals surface area contributed by atoms with Gasteiger partial charge in [-0.15, -0.1) is 0 Å². The van der Waals surface area contributed by atoms with E-state index in [9.17, 15) is 9.59 Å². The molecule has 4 rings (SSSR count). The SMILES string of the molecule is Cc1ccc(NC(=O)[C@H]2CC(=O)Nc3c(C)c(-c4cccc(Cl)c4)nn32)c(C)c1. The molecular formula is C22H21ClN4O2. The quantitative estimate of drug-likeness (QED) is 0.662. The lowest BCUT2D eigenvalue weighted by Crippen LogP contribution is -2.36. The molecule has 1 atom stereocenters.